The van der Waals surface area contributed by atoms with Crippen molar-refractivity contribution in [3.8, 4) is 0 Å². The zero-order valence-electron chi connectivity index (χ0n) is 14.4. The highest BCUT2D eigenvalue weighted by Crippen LogP contribution is 2.30. The summed E-state index contributed by atoms with van der Waals surface area (Å²) in [7, 11) is 0. The lowest BCUT2D eigenvalue weighted by Crippen LogP contribution is -2.25. The van der Waals surface area contributed by atoms with Gasteiger partial charge in [0, 0.05) is 10.6 Å². The largest absolute Gasteiger partial charge is 0.280 e. The van der Waals surface area contributed by atoms with Crippen molar-refractivity contribution >= 4 is 50.4 Å². The predicted octanol–water partition coefficient (Wildman–Crippen LogP) is 5.77. The highest BCUT2D eigenvalue weighted by atomic mass is 35.5. The number of hydrogen-bond acceptors (Lipinski definition) is 4. The quantitative estimate of drug-likeness (QED) is 0.317. The Balaban J connectivity index is 1.77. The van der Waals surface area contributed by atoms with Gasteiger partial charge in [-0.1, -0.05) is 59.3 Å². The average Bonchev–Trinajstić information content (AvgIpc) is 3.11. The summed E-state index contributed by atoms with van der Waals surface area (Å²) in [6, 6.07) is 20.3. The Morgan fingerprint density at radius 1 is 1.07 bits per heavy atom. The Morgan fingerprint density at radius 3 is 2.68 bits per heavy atom. The molecule has 0 bridgehead atoms. The lowest BCUT2D eigenvalue weighted by atomic mass is 10.2. The summed E-state index contributed by atoms with van der Waals surface area (Å²) in [6.45, 7) is 0. The summed E-state index contributed by atoms with van der Waals surface area (Å²) in [5, 5.41) is 6.36. The van der Waals surface area contributed by atoms with E-state index in [1.807, 2.05) is 30.3 Å². The zero-order chi connectivity index (χ0) is 19.5. The molecule has 0 saturated heterocycles. The zero-order valence-corrected chi connectivity index (χ0v) is 16.0. The Bertz CT molecular complexity index is 1180. The second-order valence-electron chi connectivity index (χ2n) is 5.89. The summed E-state index contributed by atoms with van der Waals surface area (Å²) >= 11 is 7.22. The maximum absolute atomic E-state index is 13.5. The Morgan fingerprint density at radius 2 is 1.89 bits per heavy atom. The number of aromatic nitrogens is 1. The lowest BCUT2D eigenvalue weighted by Gasteiger charge is -2.14. The first-order valence-corrected chi connectivity index (χ1v) is 9.55. The molecule has 7 heteroatoms. The second-order valence-corrected chi connectivity index (χ2v) is 7.34. The molecule has 4 rings (SSSR count). The number of rotatable bonds is 4. The van der Waals surface area contributed by atoms with Crippen molar-refractivity contribution in [1.82, 2.24) is 4.98 Å². The molecule has 0 unspecified atom stereocenters. The molecule has 0 N–H and O–H groups in total. The first-order chi connectivity index (χ1) is 13.6. The summed E-state index contributed by atoms with van der Waals surface area (Å²) in [5.41, 5.74) is 1.81. The van der Waals surface area contributed by atoms with Gasteiger partial charge in [-0.25, -0.2) is 9.37 Å². The number of amides is 1. The smallest absolute Gasteiger partial charge is 0.267 e. The van der Waals surface area contributed by atoms with E-state index in [4.69, 9.17) is 11.6 Å². The number of anilines is 1. The van der Waals surface area contributed by atoms with Gasteiger partial charge >= 0.3 is 0 Å². The standard InChI is InChI=1S/C21H13ClFN3OS/c22-16-8-4-7-15(11-16)20(27)26(24-13-14-5-2-1-3-6-14)21-25-18-10-9-17(23)12-19(18)28-21/h1-13H/b24-13+. The van der Waals surface area contributed by atoms with Crippen LogP contribution in [0.25, 0.3) is 10.2 Å². The molecule has 1 amide bonds. The molecular weight excluding hydrogens is 397 g/mol. The van der Waals surface area contributed by atoms with Gasteiger partial charge in [0.25, 0.3) is 5.91 Å². The molecule has 3 aromatic carbocycles. The first kappa shape index (κ1) is 18.3. The third-order valence-electron chi connectivity index (χ3n) is 3.91. The molecule has 1 aromatic heterocycles. The van der Waals surface area contributed by atoms with Crippen LogP contribution >= 0.6 is 22.9 Å². The van der Waals surface area contributed by atoms with Crippen LogP contribution in [0, 0.1) is 5.82 Å². The fraction of sp³-hybridized carbons (Fsp3) is 0. The van der Waals surface area contributed by atoms with Crippen molar-refractivity contribution in [2.24, 2.45) is 5.10 Å². The van der Waals surface area contributed by atoms with E-state index in [1.54, 1.807) is 36.5 Å². The number of nitrogens with zero attached hydrogens (tertiary/aromatic N) is 3. The maximum atomic E-state index is 13.5. The van der Waals surface area contributed by atoms with Gasteiger partial charge in [0.2, 0.25) is 5.13 Å². The fourth-order valence-electron chi connectivity index (χ4n) is 2.57. The molecule has 0 aliphatic heterocycles. The topological polar surface area (TPSA) is 45.6 Å². The van der Waals surface area contributed by atoms with Crippen molar-refractivity contribution < 1.29 is 9.18 Å². The predicted molar refractivity (Wildman–Crippen MR) is 112 cm³/mol. The van der Waals surface area contributed by atoms with Gasteiger partial charge in [0.05, 0.1) is 16.4 Å². The van der Waals surface area contributed by atoms with Crippen LogP contribution < -0.4 is 5.01 Å². The van der Waals surface area contributed by atoms with Gasteiger partial charge in [-0.15, -0.1) is 0 Å². The van der Waals surface area contributed by atoms with Crippen LogP contribution in [0.2, 0.25) is 5.02 Å². The molecule has 0 fully saturated rings. The second kappa shape index (κ2) is 7.88. The molecule has 0 spiro atoms. The molecular formula is C21H13ClFN3OS. The summed E-state index contributed by atoms with van der Waals surface area (Å²) in [5.74, 6) is -0.739. The number of benzene rings is 3. The van der Waals surface area contributed by atoms with Crippen LogP contribution in [0.4, 0.5) is 9.52 Å². The molecule has 1 heterocycles. The molecule has 0 radical (unpaired) electrons. The SMILES string of the molecule is O=C(c1cccc(Cl)c1)N(/N=C/c1ccccc1)c1nc2ccc(F)cc2s1. The molecule has 28 heavy (non-hydrogen) atoms. The molecule has 0 aliphatic rings. The van der Waals surface area contributed by atoms with Gasteiger partial charge in [-0.2, -0.15) is 10.1 Å². The molecule has 138 valence electrons. The van der Waals surface area contributed by atoms with E-state index < -0.39 is 0 Å². The van der Waals surface area contributed by atoms with Crippen molar-refractivity contribution in [2.45, 2.75) is 0 Å². The maximum Gasteiger partial charge on any atom is 0.280 e. The summed E-state index contributed by atoms with van der Waals surface area (Å²) in [4.78, 5) is 17.6. The first-order valence-electron chi connectivity index (χ1n) is 8.35. The average molecular weight is 410 g/mol. The minimum Gasteiger partial charge on any atom is -0.267 e. The number of hydrazone groups is 1. The fourth-order valence-corrected chi connectivity index (χ4v) is 3.71. The third-order valence-corrected chi connectivity index (χ3v) is 5.13. The highest BCUT2D eigenvalue weighted by molar-refractivity contribution is 7.22. The number of hydrogen-bond donors (Lipinski definition) is 0. The lowest BCUT2D eigenvalue weighted by molar-refractivity contribution is 0.0988. The van der Waals surface area contributed by atoms with Crippen LogP contribution in [0.5, 0.6) is 0 Å². The van der Waals surface area contributed by atoms with E-state index in [0.29, 0.717) is 25.9 Å². The monoisotopic (exact) mass is 409 g/mol. The van der Waals surface area contributed by atoms with Crippen LogP contribution in [-0.4, -0.2) is 17.1 Å². The van der Waals surface area contributed by atoms with Crippen LogP contribution in [0.1, 0.15) is 15.9 Å². The Kier molecular flexibility index (Phi) is 5.14. The van der Waals surface area contributed by atoms with Crippen molar-refractivity contribution in [3.63, 3.8) is 0 Å². The number of halogens is 2. The van der Waals surface area contributed by atoms with E-state index >= 15 is 0 Å². The van der Waals surface area contributed by atoms with E-state index in [2.05, 4.69) is 10.1 Å². The van der Waals surface area contributed by atoms with E-state index in [1.165, 1.54) is 28.5 Å². The van der Waals surface area contributed by atoms with Crippen molar-refractivity contribution in [2.75, 3.05) is 5.01 Å². The highest BCUT2D eigenvalue weighted by Gasteiger charge is 2.21. The minimum atomic E-state index is -0.380. The number of thiazole rings is 1. The summed E-state index contributed by atoms with van der Waals surface area (Å²) in [6.07, 6.45) is 1.58. The molecule has 4 aromatic rings. The molecule has 0 atom stereocenters. The van der Waals surface area contributed by atoms with Gasteiger partial charge in [-0.05, 0) is 42.0 Å². The Hall–Kier alpha value is -3.09. The van der Waals surface area contributed by atoms with Gasteiger partial charge in [0.15, 0.2) is 0 Å². The number of carbonyl (C=O) groups excluding carboxylic acids is 1. The minimum absolute atomic E-state index is 0.345. The van der Waals surface area contributed by atoms with E-state index in [-0.39, 0.29) is 11.7 Å². The Labute approximate surface area is 169 Å². The van der Waals surface area contributed by atoms with Crippen LogP contribution in [0.3, 0.4) is 0 Å². The van der Waals surface area contributed by atoms with Gasteiger partial charge < -0.3 is 0 Å². The third kappa shape index (κ3) is 3.93. The van der Waals surface area contributed by atoms with E-state index in [0.717, 1.165) is 5.56 Å². The van der Waals surface area contributed by atoms with Crippen molar-refractivity contribution in [1.29, 1.82) is 0 Å². The van der Waals surface area contributed by atoms with Gasteiger partial charge in [-0.3, -0.25) is 4.79 Å². The number of carbonyl (C=O) groups is 1. The number of fused-ring (bicyclic) bond motifs is 1. The van der Waals surface area contributed by atoms with Crippen LogP contribution in [-0.2, 0) is 0 Å². The van der Waals surface area contributed by atoms with Crippen molar-refractivity contribution in [3.05, 3.63) is 94.8 Å². The van der Waals surface area contributed by atoms with Gasteiger partial charge in [0.1, 0.15) is 5.82 Å². The van der Waals surface area contributed by atoms with Crippen LogP contribution in [0.15, 0.2) is 77.9 Å². The molecule has 0 saturated carbocycles. The summed E-state index contributed by atoms with van der Waals surface area (Å²) < 4.78 is 14.2. The normalized spacial score (nSPS) is 11.2. The molecule has 4 nitrogen and oxygen atoms in total. The van der Waals surface area contributed by atoms with E-state index in [9.17, 15) is 9.18 Å². The molecule has 0 aliphatic carbocycles.